The number of carbonyl (C=O) groups excluding carboxylic acids is 2. The first-order chi connectivity index (χ1) is 8.40. The molecule has 1 heterocycles. The number of nitrogens with zero attached hydrogens (tertiary/aromatic N) is 1. The lowest BCUT2D eigenvalue weighted by atomic mass is 10.1. The number of nitrogen functional groups attached to an aromatic ring is 1. The molecule has 2 amide bonds. The van der Waals surface area contributed by atoms with E-state index in [2.05, 4.69) is 5.32 Å². The lowest BCUT2D eigenvalue weighted by Gasteiger charge is -2.34. The lowest BCUT2D eigenvalue weighted by Crippen LogP contribution is -2.57. The third-order valence-electron chi connectivity index (χ3n) is 3.04. The van der Waals surface area contributed by atoms with E-state index in [9.17, 15) is 14.0 Å². The fourth-order valence-corrected chi connectivity index (χ4v) is 1.94. The van der Waals surface area contributed by atoms with Crippen LogP contribution in [0.4, 0.5) is 15.8 Å². The van der Waals surface area contributed by atoms with Gasteiger partial charge in [-0.2, -0.15) is 0 Å². The molecule has 1 fully saturated rings. The monoisotopic (exact) mass is 251 g/mol. The molecule has 0 bridgehead atoms. The summed E-state index contributed by atoms with van der Waals surface area (Å²) in [4.78, 5) is 24.5. The summed E-state index contributed by atoms with van der Waals surface area (Å²) in [6, 6.07) is 2.23. The summed E-state index contributed by atoms with van der Waals surface area (Å²) < 4.78 is 13.3. The minimum atomic E-state index is -0.519. The number of halogens is 1. The molecule has 18 heavy (non-hydrogen) atoms. The van der Waals surface area contributed by atoms with E-state index in [0.29, 0.717) is 11.3 Å². The molecule has 1 saturated heterocycles. The zero-order valence-electron chi connectivity index (χ0n) is 10.2. The number of benzene rings is 1. The smallest absolute Gasteiger partial charge is 0.249 e. The van der Waals surface area contributed by atoms with Gasteiger partial charge in [-0.3, -0.25) is 14.9 Å². The molecular weight excluding hydrogens is 237 g/mol. The fraction of sp³-hybridized carbons (Fsp3) is 0.333. The predicted octanol–water partition coefficient (Wildman–Crippen LogP) is 0.568. The highest BCUT2D eigenvalue weighted by atomic mass is 19.1. The highest BCUT2D eigenvalue weighted by Crippen LogP contribution is 2.28. The SMILES string of the molecule is Cc1cc(N2CC(=O)NC(=O)C2C)c(N)cc1F. The van der Waals surface area contributed by atoms with Crippen molar-refractivity contribution >= 4 is 23.2 Å². The Morgan fingerprint density at radius 3 is 2.78 bits per heavy atom. The third-order valence-corrected chi connectivity index (χ3v) is 3.04. The molecule has 0 radical (unpaired) electrons. The van der Waals surface area contributed by atoms with Crippen molar-refractivity contribution in [3.63, 3.8) is 0 Å². The molecule has 0 aliphatic carbocycles. The number of carbonyl (C=O) groups is 2. The van der Waals surface area contributed by atoms with Crippen molar-refractivity contribution in [3.05, 3.63) is 23.5 Å². The number of hydrogen-bond donors (Lipinski definition) is 2. The summed E-state index contributed by atoms with van der Waals surface area (Å²) in [6.45, 7) is 3.30. The van der Waals surface area contributed by atoms with Crippen LogP contribution in [0.5, 0.6) is 0 Å². The van der Waals surface area contributed by atoms with E-state index in [1.165, 1.54) is 6.07 Å². The molecule has 6 heteroatoms. The standard InChI is InChI=1S/C12H14FN3O2/c1-6-3-10(9(14)4-8(6)13)16-5-11(17)15-12(18)7(16)2/h3-4,7H,5,14H2,1-2H3,(H,15,17,18). The van der Waals surface area contributed by atoms with Crippen molar-refractivity contribution in [3.8, 4) is 0 Å². The number of imide groups is 1. The second-order valence-corrected chi connectivity index (χ2v) is 4.38. The van der Waals surface area contributed by atoms with Crippen LogP contribution in [0.25, 0.3) is 0 Å². The topological polar surface area (TPSA) is 75.4 Å². The summed E-state index contributed by atoms with van der Waals surface area (Å²) in [5.41, 5.74) is 6.89. The number of nitrogens with one attached hydrogen (secondary N) is 1. The number of hydrogen-bond acceptors (Lipinski definition) is 4. The van der Waals surface area contributed by atoms with E-state index in [-0.39, 0.29) is 24.0 Å². The molecule has 1 aliphatic heterocycles. The van der Waals surface area contributed by atoms with Gasteiger partial charge in [0.25, 0.3) is 0 Å². The minimum Gasteiger partial charge on any atom is -0.397 e. The molecule has 1 unspecified atom stereocenters. The number of rotatable bonds is 1. The largest absolute Gasteiger partial charge is 0.397 e. The van der Waals surface area contributed by atoms with Gasteiger partial charge >= 0.3 is 0 Å². The van der Waals surface area contributed by atoms with Gasteiger partial charge in [-0.25, -0.2) is 4.39 Å². The first-order valence-corrected chi connectivity index (χ1v) is 5.56. The maximum Gasteiger partial charge on any atom is 0.249 e. The van der Waals surface area contributed by atoms with E-state index in [4.69, 9.17) is 5.73 Å². The Kier molecular flexibility index (Phi) is 2.94. The summed E-state index contributed by atoms with van der Waals surface area (Å²) in [6.07, 6.45) is 0. The van der Waals surface area contributed by atoms with E-state index in [1.807, 2.05) is 0 Å². The van der Waals surface area contributed by atoms with Crippen molar-refractivity contribution in [1.82, 2.24) is 5.32 Å². The van der Waals surface area contributed by atoms with Crippen LogP contribution in [-0.2, 0) is 9.59 Å². The van der Waals surface area contributed by atoms with Gasteiger partial charge < -0.3 is 10.6 Å². The van der Waals surface area contributed by atoms with Gasteiger partial charge in [0.05, 0.1) is 17.9 Å². The average molecular weight is 251 g/mol. The van der Waals surface area contributed by atoms with Gasteiger partial charge in [0.1, 0.15) is 11.9 Å². The average Bonchev–Trinajstić information content (AvgIpc) is 2.29. The van der Waals surface area contributed by atoms with Crippen molar-refractivity contribution in [2.45, 2.75) is 19.9 Å². The summed E-state index contributed by atoms with van der Waals surface area (Å²) in [7, 11) is 0. The predicted molar refractivity (Wildman–Crippen MR) is 65.5 cm³/mol. The van der Waals surface area contributed by atoms with E-state index >= 15 is 0 Å². The zero-order valence-corrected chi connectivity index (χ0v) is 10.2. The van der Waals surface area contributed by atoms with Crippen molar-refractivity contribution in [2.24, 2.45) is 0 Å². The van der Waals surface area contributed by atoms with Crippen LogP contribution in [0.1, 0.15) is 12.5 Å². The van der Waals surface area contributed by atoms with Gasteiger partial charge in [0.2, 0.25) is 11.8 Å². The molecule has 1 aromatic rings. The normalized spacial score (nSPS) is 19.9. The Hall–Kier alpha value is -2.11. The first-order valence-electron chi connectivity index (χ1n) is 5.56. The van der Waals surface area contributed by atoms with Crippen LogP contribution < -0.4 is 16.0 Å². The molecule has 3 N–H and O–H groups in total. The Morgan fingerprint density at radius 1 is 1.44 bits per heavy atom. The number of nitrogens with two attached hydrogens (primary N) is 1. The van der Waals surface area contributed by atoms with E-state index in [0.717, 1.165) is 0 Å². The van der Waals surface area contributed by atoms with Gasteiger partial charge in [0.15, 0.2) is 0 Å². The minimum absolute atomic E-state index is 0.0299. The fourth-order valence-electron chi connectivity index (χ4n) is 1.94. The molecular formula is C12H14FN3O2. The second-order valence-electron chi connectivity index (χ2n) is 4.38. The van der Waals surface area contributed by atoms with Crippen LogP contribution in [0, 0.1) is 12.7 Å². The Morgan fingerprint density at radius 2 is 2.11 bits per heavy atom. The van der Waals surface area contributed by atoms with Gasteiger partial charge in [-0.05, 0) is 31.5 Å². The molecule has 1 aromatic carbocycles. The van der Waals surface area contributed by atoms with Crippen molar-refractivity contribution in [1.29, 1.82) is 0 Å². The van der Waals surface area contributed by atoms with E-state index < -0.39 is 11.9 Å². The molecule has 0 saturated carbocycles. The summed E-state index contributed by atoms with van der Waals surface area (Å²) in [5, 5.41) is 2.24. The number of amides is 2. The third kappa shape index (κ3) is 2.01. The number of anilines is 2. The van der Waals surface area contributed by atoms with Crippen molar-refractivity contribution < 1.29 is 14.0 Å². The van der Waals surface area contributed by atoms with Gasteiger partial charge in [0, 0.05) is 0 Å². The molecule has 96 valence electrons. The molecule has 5 nitrogen and oxygen atoms in total. The lowest BCUT2D eigenvalue weighted by molar-refractivity contribution is -0.132. The number of piperazine rings is 1. The van der Waals surface area contributed by atoms with Gasteiger partial charge in [-0.15, -0.1) is 0 Å². The zero-order chi connectivity index (χ0) is 13.4. The van der Waals surface area contributed by atoms with Crippen LogP contribution in [0.3, 0.4) is 0 Å². The molecule has 0 aromatic heterocycles. The quantitative estimate of drug-likeness (QED) is 0.565. The highest BCUT2D eigenvalue weighted by molar-refractivity contribution is 6.05. The van der Waals surface area contributed by atoms with Crippen LogP contribution >= 0.6 is 0 Å². The summed E-state index contributed by atoms with van der Waals surface area (Å²) >= 11 is 0. The Bertz CT molecular complexity index is 530. The Labute approximate surface area is 104 Å². The van der Waals surface area contributed by atoms with Crippen LogP contribution in [0.15, 0.2) is 12.1 Å². The van der Waals surface area contributed by atoms with Crippen molar-refractivity contribution in [2.75, 3.05) is 17.2 Å². The van der Waals surface area contributed by atoms with E-state index in [1.54, 1.807) is 24.8 Å². The van der Waals surface area contributed by atoms with Crippen LogP contribution in [0.2, 0.25) is 0 Å². The highest BCUT2D eigenvalue weighted by Gasteiger charge is 2.31. The summed E-state index contributed by atoms with van der Waals surface area (Å²) in [5.74, 6) is -1.18. The second kappa shape index (κ2) is 4.29. The number of aryl methyl sites for hydroxylation is 1. The molecule has 2 rings (SSSR count). The molecule has 0 spiro atoms. The maximum absolute atomic E-state index is 13.3. The van der Waals surface area contributed by atoms with Crippen LogP contribution in [-0.4, -0.2) is 24.4 Å². The Balaban J connectivity index is 2.44. The van der Waals surface area contributed by atoms with Gasteiger partial charge in [-0.1, -0.05) is 0 Å². The first kappa shape index (κ1) is 12.3. The molecule has 1 atom stereocenters. The molecule has 1 aliphatic rings. The maximum atomic E-state index is 13.3.